The lowest BCUT2D eigenvalue weighted by Gasteiger charge is -2.35. The molecule has 0 fully saturated rings. The van der Waals surface area contributed by atoms with Crippen LogP contribution >= 0.6 is 11.3 Å². The monoisotopic (exact) mass is 268 g/mol. The van der Waals surface area contributed by atoms with Crippen molar-refractivity contribution in [2.45, 2.75) is 46.1 Å². The Morgan fingerprint density at radius 3 is 3.00 bits per heavy atom. The van der Waals surface area contributed by atoms with E-state index in [0.717, 1.165) is 17.0 Å². The van der Waals surface area contributed by atoms with Gasteiger partial charge in [-0.2, -0.15) is 0 Å². The lowest BCUT2D eigenvalue weighted by Crippen LogP contribution is -2.38. The molecule has 0 bridgehead atoms. The minimum Gasteiger partial charge on any atom is -0.492 e. The molecule has 0 N–H and O–H groups in total. The molecule has 0 spiro atoms. The van der Waals surface area contributed by atoms with Crippen LogP contribution in [-0.2, 0) is 15.1 Å². The molecule has 18 heavy (non-hydrogen) atoms. The van der Waals surface area contributed by atoms with Crippen molar-refractivity contribution < 1.29 is 14.3 Å². The van der Waals surface area contributed by atoms with Crippen molar-refractivity contribution in [2.24, 2.45) is 5.41 Å². The van der Waals surface area contributed by atoms with Crippen LogP contribution in [0.4, 0.5) is 0 Å². The molecule has 0 aromatic carbocycles. The lowest BCUT2D eigenvalue weighted by atomic mass is 9.89. The standard InChI is InChI=1S/C14H20O3S/c1-5-13(2,3)12(15)17-14(4)7-8-16-10-6-9-18-11(10)14/h6,9H,5,7-8H2,1-4H3. The van der Waals surface area contributed by atoms with Crippen molar-refractivity contribution in [1.82, 2.24) is 0 Å². The molecule has 0 amide bonds. The van der Waals surface area contributed by atoms with E-state index in [1.807, 2.05) is 39.1 Å². The number of carbonyl (C=O) groups excluding carboxylic acids is 1. The third-order valence-corrected chi connectivity index (χ3v) is 4.84. The summed E-state index contributed by atoms with van der Waals surface area (Å²) in [6, 6.07) is 1.94. The van der Waals surface area contributed by atoms with Crippen LogP contribution in [0.2, 0.25) is 0 Å². The number of carbonyl (C=O) groups is 1. The van der Waals surface area contributed by atoms with Gasteiger partial charge in [-0.05, 0) is 38.6 Å². The molecule has 100 valence electrons. The number of ether oxygens (including phenoxy) is 2. The summed E-state index contributed by atoms with van der Waals surface area (Å²) in [5.74, 6) is 0.726. The number of fused-ring (bicyclic) bond motifs is 1. The quantitative estimate of drug-likeness (QED) is 0.784. The van der Waals surface area contributed by atoms with E-state index in [1.165, 1.54) is 0 Å². The molecule has 1 aromatic heterocycles. The predicted octanol–water partition coefficient (Wildman–Crippen LogP) is 3.73. The topological polar surface area (TPSA) is 35.5 Å². The Balaban J connectivity index is 2.22. The van der Waals surface area contributed by atoms with E-state index in [0.29, 0.717) is 13.0 Å². The summed E-state index contributed by atoms with van der Waals surface area (Å²) in [7, 11) is 0. The fourth-order valence-electron chi connectivity index (χ4n) is 1.85. The number of hydrogen-bond acceptors (Lipinski definition) is 4. The maximum atomic E-state index is 12.2. The smallest absolute Gasteiger partial charge is 0.312 e. The van der Waals surface area contributed by atoms with Gasteiger partial charge in [0.1, 0.15) is 5.75 Å². The first-order valence-electron chi connectivity index (χ1n) is 6.33. The molecule has 1 atom stereocenters. The molecular weight excluding hydrogens is 248 g/mol. The Labute approximate surface area is 112 Å². The minimum atomic E-state index is -0.536. The molecule has 0 saturated heterocycles. The summed E-state index contributed by atoms with van der Waals surface area (Å²) in [4.78, 5) is 13.3. The second-order valence-corrected chi connectivity index (χ2v) is 6.49. The molecule has 0 aliphatic carbocycles. The summed E-state index contributed by atoms with van der Waals surface area (Å²) in [6.45, 7) is 8.43. The van der Waals surface area contributed by atoms with Crippen molar-refractivity contribution in [3.63, 3.8) is 0 Å². The molecule has 1 aromatic rings. The number of esters is 1. The Morgan fingerprint density at radius 1 is 1.61 bits per heavy atom. The van der Waals surface area contributed by atoms with E-state index in [-0.39, 0.29) is 5.97 Å². The molecule has 1 aliphatic rings. The molecule has 1 unspecified atom stereocenters. The molecule has 3 nitrogen and oxygen atoms in total. The number of hydrogen-bond donors (Lipinski definition) is 0. The average Bonchev–Trinajstić information content (AvgIpc) is 2.78. The molecule has 0 radical (unpaired) electrons. The molecule has 2 rings (SSSR count). The van der Waals surface area contributed by atoms with Crippen LogP contribution in [0.5, 0.6) is 5.75 Å². The summed E-state index contributed by atoms with van der Waals surface area (Å²) in [5.41, 5.74) is -0.968. The highest BCUT2D eigenvalue weighted by Gasteiger charge is 2.41. The first kappa shape index (κ1) is 13.4. The van der Waals surface area contributed by atoms with Crippen LogP contribution in [0.3, 0.4) is 0 Å². The SMILES string of the molecule is CCC(C)(C)C(=O)OC1(C)CCOc2ccsc21. The van der Waals surface area contributed by atoms with E-state index in [4.69, 9.17) is 9.47 Å². The van der Waals surface area contributed by atoms with Crippen molar-refractivity contribution in [3.8, 4) is 5.75 Å². The third kappa shape index (κ3) is 2.26. The summed E-state index contributed by atoms with van der Waals surface area (Å²) >= 11 is 1.59. The maximum Gasteiger partial charge on any atom is 0.312 e. The first-order chi connectivity index (χ1) is 8.39. The predicted molar refractivity (Wildman–Crippen MR) is 71.9 cm³/mol. The van der Waals surface area contributed by atoms with Gasteiger partial charge in [0.15, 0.2) is 5.60 Å². The van der Waals surface area contributed by atoms with E-state index in [9.17, 15) is 4.79 Å². The number of thiophene rings is 1. The van der Waals surface area contributed by atoms with E-state index >= 15 is 0 Å². The highest BCUT2D eigenvalue weighted by atomic mass is 32.1. The van der Waals surface area contributed by atoms with E-state index in [1.54, 1.807) is 11.3 Å². The van der Waals surface area contributed by atoms with Crippen LogP contribution in [-0.4, -0.2) is 12.6 Å². The van der Waals surface area contributed by atoms with Crippen molar-refractivity contribution in [1.29, 1.82) is 0 Å². The fourth-order valence-corrected chi connectivity index (χ4v) is 2.81. The van der Waals surface area contributed by atoms with Crippen LogP contribution in [0.15, 0.2) is 11.4 Å². The van der Waals surface area contributed by atoms with E-state index < -0.39 is 11.0 Å². The van der Waals surface area contributed by atoms with Gasteiger partial charge in [0.25, 0.3) is 0 Å². The molecular formula is C14H20O3S. The fraction of sp³-hybridized carbons (Fsp3) is 0.643. The second-order valence-electron chi connectivity index (χ2n) is 5.57. The lowest BCUT2D eigenvalue weighted by molar-refractivity contribution is -0.172. The maximum absolute atomic E-state index is 12.2. The average molecular weight is 268 g/mol. The summed E-state index contributed by atoms with van der Waals surface area (Å²) in [5, 5.41) is 1.98. The van der Waals surface area contributed by atoms with Crippen molar-refractivity contribution in [3.05, 3.63) is 16.3 Å². The highest BCUT2D eigenvalue weighted by molar-refractivity contribution is 7.10. The Bertz CT molecular complexity index is 450. The molecule has 2 heterocycles. The van der Waals surface area contributed by atoms with Gasteiger partial charge < -0.3 is 9.47 Å². The first-order valence-corrected chi connectivity index (χ1v) is 7.21. The van der Waals surface area contributed by atoms with Gasteiger partial charge in [0, 0.05) is 6.42 Å². The normalized spacial score (nSPS) is 23.1. The molecule has 4 heteroatoms. The van der Waals surface area contributed by atoms with Gasteiger partial charge in [0.05, 0.1) is 16.9 Å². The van der Waals surface area contributed by atoms with Crippen LogP contribution < -0.4 is 4.74 Å². The van der Waals surface area contributed by atoms with Gasteiger partial charge in [-0.15, -0.1) is 11.3 Å². The largest absolute Gasteiger partial charge is 0.492 e. The Morgan fingerprint density at radius 2 is 2.33 bits per heavy atom. The van der Waals surface area contributed by atoms with Gasteiger partial charge in [0.2, 0.25) is 0 Å². The van der Waals surface area contributed by atoms with Crippen LogP contribution in [0.1, 0.15) is 45.4 Å². The van der Waals surface area contributed by atoms with Crippen molar-refractivity contribution in [2.75, 3.05) is 6.61 Å². The minimum absolute atomic E-state index is 0.131. The van der Waals surface area contributed by atoms with Gasteiger partial charge >= 0.3 is 5.97 Å². The Kier molecular flexibility index (Phi) is 3.41. The van der Waals surface area contributed by atoms with Crippen LogP contribution in [0, 0.1) is 5.41 Å². The van der Waals surface area contributed by atoms with Crippen LogP contribution in [0.25, 0.3) is 0 Å². The molecule has 1 aliphatic heterocycles. The zero-order valence-electron chi connectivity index (χ0n) is 11.4. The van der Waals surface area contributed by atoms with Crippen molar-refractivity contribution >= 4 is 17.3 Å². The van der Waals surface area contributed by atoms with E-state index in [2.05, 4.69) is 0 Å². The molecule has 0 saturated carbocycles. The Hall–Kier alpha value is -1.03. The second kappa shape index (κ2) is 4.57. The zero-order valence-corrected chi connectivity index (χ0v) is 12.2. The zero-order chi connectivity index (χ0) is 13.4. The summed E-state index contributed by atoms with van der Waals surface area (Å²) < 4.78 is 11.4. The third-order valence-electron chi connectivity index (χ3n) is 3.70. The number of rotatable bonds is 3. The highest BCUT2D eigenvalue weighted by Crippen LogP contribution is 2.44. The van der Waals surface area contributed by atoms with Gasteiger partial charge in [-0.25, -0.2) is 0 Å². The van der Waals surface area contributed by atoms with Gasteiger partial charge in [-0.1, -0.05) is 6.92 Å². The summed E-state index contributed by atoms with van der Waals surface area (Å²) in [6.07, 6.45) is 1.49. The van der Waals surface area contributed by atoms with Gasteiger partial charge in [-0.3, -0.25) is 4.79 Å².